The zero-order chi connectivity index (χ0) is 15.5. The number of carbonyl (C=O) groups is 1. The quantitative estimate of drug-likeness (QED) is 0.808. The van der Waals surface area contributed by atoms with Crippen LogP contribution in [0.5, 0.6) is 0 Å². The van der Waals surface area contributed by atoms with Gasteiger partial charge in [-0.15, -0.1) is 0 Å². The summed E-state index contributed by atoms with van der Waals surface area (Å²) in [7, 11) is -3.48. The van der Waals surface area contributed by atoms with Crippen LogP contribution in [0.25, 0.3) is 0 Å². The minimum absolute atomic E-state index is 0.0612. The Morgan fingerprint density at radius 2 is 2.05 bits per heavy atom. The number of hydrogen-bond acceptors (Lipinski definition) is 4. The highest BCUT2D eigenvalue weighted by Gasteiger charge is 2.24. The van der Waals surface area contributed by atoms with Crippen LogP contribution in [0.3, 0.4) is 0 Å². The number of nitrogens with zero attached hydrogens (tertiary/aromatic N) is 2. The van der Waals surface area contributed by atoms with Crippen LogP contribution >= 0.6 is 0 Å². The summed E-state index contributed by atoms with van der Waals surface area (Å²) >= 11 is 0. The van der Waals surface area contributed by atoms with E-state index in [4.69, 9.17) is 5.11 Å². The molecule has 0 aromatic carbocycles. The Morgan fingerprint density at radius 3 is 2.62 bits per heavy atom. The third-order valence-corrected chi connectivity index (χ3v) is 4.99. The molecule has 8 heteroatoms. The van der Waals surface area contributed by atoms with E-state index in [2.05, 4.69) is 9.71 Å². The van der Waals surface area contributed by atoms with Crippen molar-refractivity contribution in [1.29, 1.82) is 0 Å². The standard InChI is InChI=1S/C13H19N3O4S/c1-2-12-11(13(17)18)6-5-10(15-12)9-14-21(19,20)16-7-3-4-8-16/h5-6,14H,2-4,7-9H2,1H3,(H,17,18). The first-order valence-electron chi connectivity index (χ1n) is 6.91. The van der Waals surface area contributed by atoms with E-state index >= 15 is 0 Å². The fraction of sp³-hybridized carbons (Fsp3) is 0.538. The number of rotatable bonds is 6. The number of aryl methyl sites for hydroxylation is 1. The highest BCUT2D eigenvalue weighted by atomic mass is 32.2. The van der Waals surface area contributed by atoms with Gasteiger partial charge in [-0.2, -0.15) is 17.4 Å². The molecule has 1 aliphatic heterocycles. The third kappa shape index (κ3) is 3.78. The van der Waals surface area contributed by atoms with E-state index < -0.39 is 16.2 Å². The minimum atomic E-state index is -3.48. The van der Waals surface area contributed by atoms with Crippen molar-refractivity contribution in [2.45, 2.75) is 32.7 Å². The van der Waals surface area contributed by atoms with Gasteiger partial charge in [0, 0.05) is 13.1 Å². The minimum Gasteiger partial charge on any atom is -0.478 e. The highest BCUT2D eigenvalue weighted by Crippen LogP contribution is 2.13. The average Bonchev–Trinajstić information content (AvgIpc) is 2.99. The molecule has 1 aromatic rings. The summed E-state index contributed by atoms with van der Waals surface area (Å²) in [4.78, 5) is 15.2. The average molecular weight is 313 g/mol. The topological polar surface area (TPSA) is 99.6 Å². The van der Waals surface area contributed by atoms with Crippen LogP contribution in [0.4, 0.5) is 0 Å². The summed E-state index contributed by atoms with van der Waals surface area (Å²) in [5.41, 5.74) is 1.13. The SMILES string of the molecule is CCc1nc(CNS(=O)(=O)N2CCCC2)ccc1C(=O)O. The Bertz CT molecular complexity index is 624. The van der Waals surface area contributed by atoms with Gasteiger partial charge in [-0.05, 0) is 31.4 Å². The van der Waals surface area contributed by atoms with E-state index in [9.17, 15) is 13.2 Å². The van der Waals surface area contributed by atoms with Crippen LogP contribution in [0, 0.1) is 0 Å². The van der Waals surface area contributed by atoms with Crippen LogP contribution in [-0.2, 0) is 23.2 Å². The van der Waals surface area contributed by atoms with Crippen LogP contribution < -0.4 is 4.72 Å². The molecule has 0 atom stereocenters. The van der Waals surface area contributed by atoms with Crippen molar-refractivity contribution in [3.8, 4) is 0 Å². The molecule has 0 radical (unpaired) electrons. The zero-order valence-corrected chi connectivity index (χ0v) is 12.7. The van der Waals surface area contributed by atoms with Gasteiger partial charge in [0.05, 0.1) is 23.5 Å². The molecule has 1 fully saturated rings. The Balaban J connectivity index is 2.08. The van der Waals surface area contributed by atoms with Gasteiger partial charge >= 0.3 is 5.97 Å². The highest BCUT2D eigenvalue weighted by molar-refractivity contribution is 7.87. The van der Waals surface area contributed by atoms with Gasteiger partial charge in [0.2, 0.25) is 0 Å². The summed E-state index contributed by atoms with van der Waals surface area (Å²) in [5, 5.41) is 9.03. The molecular formula is C13H19N3O4S. The number of carboxylic acids is 1. The third-order valence-electron chi connectivity index (χ3n) is 3.44. The van der Waals surface area contributed by atoms with Crippen LogP contribution in [0.15, 0.2) is 12.1 Å². The van der Waals surface area contributed by atoms with E-state index in [0.717, 1.165) is 12.8 Å². The van der Waals surface area contributed by atoms with E-state index in [-0.39, 0.29) is 12.1 Å². The molecule has 0 amide bonds. The predicted molar refractivity (Wildman–Crippen MR) is 77.1 cm³/mol. The van der Waals surface area contributed by atoms with Crippen LogP contribution in [-0.4, -0.2) is 41.9 Å². The molecule has 0 saturated carbocycles. The first-order chi connectivity index (χ1) is 9.94. The monoisotopic (exact) mass is 313 g/mol. The molecule has 2 N–H and O–H groups in total. The Labute approximate surface area is 124 Å². The van der Waals surface area contributed by atoms with E-state index in [1.165, 1.54) is 16.4 Å². The fourth-order valence-corrected chi connectivity index (χ4v) is 3.55. The molecule has 0 spiro atoms. The maximum atomic E-state index is 12.0. The van der Waals surface area contributed by atoms with Gasteiger partial charge in [0.25, 0.3) is 10.2 Å². The lowest BCUT2D eigenvalue weighted by Crippen LogP contribution is -2.38. The summed E-state index contributed by atoms with van der Waals surface area (Å²) in [6.07, 6.45) is 2.24. The zero-order valence-electron chi connectivity index (χ0n) is 11.9. The largest absolute Gasteiger partial charge is 0.478 e. The van der Waals surface area contributed by atoms with Crippen molar-refractivity contribution < 1.29 is 18.3 Å². The number of carboxylic acid groups (broad SMARTS) is 1. The number of aromatic nitrogens is 1. The fourth-order valence-electron chi connectivity index (χ4n) is 2.29. The lowest BCUT2D eigenvalue weighted by molar-refractivity contribution is 0.0695. The van der Waals surface area contributed by atoms with Crippen LogP contribution in [0.1, 0.15) is 41.5 Å². The molecule has 2 rings (SSSR count). The van der Waals surface area contributed by atoms with Gasteiger partial charge < -0.3 is 5.11 Å². The van der Waals surface area contributed by atoms with Gasteiger partial charge in [-0.25, -0.2) is 4.79 Å². The molecule has 1 aliphatic rings. The van der Waals surface area contributed by atoms with Crippen molar-refractivity contribution >= 4 is 16.2 Å². The Morgan fingerprint density at radius 1 is 1.38 bits per heavy atom. The van der Waals surface area contributed by atoms with Crippen molar-refractivity contribution in [3.05, 3.63) is 29.1 Å². The van der Waals surface area contributed by atoms with Crippen molar-refractivity contribution in [1.82, 2.24) is 14.0 Å². The molecule has 0 bridgehead atoms. The van der Waals surface area contributed by atoms with Gasteiger partial charge in [0.1, 0.15) is 0 Å². The molecule has 1 aromatic heterocycles. The van der Waals surface area contributed by atoms with Crippen molar-refractivity contribution in [2.24, 2.45) is 0 Å². The summed E-state index contributed by atoms with van der Waals surface area (Å²) in [6, 6.07) is 3.00. The summed E-state index contributed by atoms with van der Waals surface area (Å²) in [5.74, 6) is -1.02. The maximum Gasteiger partial charge on any atom is 0.337 e. The normalized spacial score (nSPS) is 16.2. The molecule has 21 heavy (non-hydrogen) atoms. The molecule has 2 heterocycles. The lowest BCUT2D eigenvalue weighted by Gasteiger charge is -2.16. The van der Waals surface area contributed by atoms with Gasteiger partial charge in [-0.3, -0.25) is 4.98 Å². The molecule has 116 valence electrons. The molecule has 0 unspecified atom stereocenters. The molecular weight excluding hydrogens is 294 g/mol. The number of aromatic carboxylic acids is 1. The molecule has 7 nitrogen and oxygen atoms in total. The lowest BCUT2D eigenvalue weighted by atomic mass is 10.1. The number of hydrogen-bond donors (Lipinski definition) is 2. The van der Waals surface area contributed by atoms with Crippen molar-refractivity contribution in [3.63, 3.8) is 0 Å². The Kier molecular flexibility index (Phi) is 4.92. The van der Waals surface area contributed by atoms with E-state index in [0.29, 0.717) is 30.9 Å². The Hall–Kier alpha value is -1.51. The first-order valence-corrected chi connectivity index (χ1v) is 8.35. The number of pyridine rings is 1. The smallest absolute Gasteiger partial charge is 0.337 e. The van der Waals surface area contributed by atoms with Crippen molar-refractivity contribution in [2.75, 3.05) is 13.1 Å². The summed E-state index contributed by atoms with van der Waals surface area (Å²) in [6.45, 7) is 2.96. The predicted octanol–water partition coefficient (Wildman–Crippen LogP) is 0.772. The van der Waals surface area contributed by atoms with Gasteiger partial charge in [0.15, 0.2) is 0 Å². The first kappa shape index (κ1) is 15.9. The maximum absolute atomic E-state index is 12.0. The second kappa shape index (κ2) is 6.50. The van der Waals surface area contributed by atoms with E-state index in [1.807, 2.05) is 6.92 Å². The second-order valence-corrected chi connectivity index (χ2v) is 6.64. The second-order valence-electron chi connectivity index (χ2n) is 4.89. The van der Waals surface area contributed by atoms with E-state index in [1.54, 1.807) is 0 Å². The summed E-state index contributed by atoms with van der Waals surface area (Å²) < 4.78 is 28.0. The van der Waals surface area contributed by atoms with Crippen LogP contribution in [0.2, 0.25) is 0 Å². The number of nitrogens with one attached hydrogen (secondary N) is 1. The molecule has 0 aliphatic carbocycles. The molecule has 1 saturated heterocycles. The van der Waals surface area contributed by atoms with Gasteiger partial charge in [-0.1, -0.05) is 6.92 Å².